The Balaban J connectivity index is 2.12. The van der Waals surface area contributed by atoms with E-state index in [2.05, 4.69) is 9.97 Å². The highest BCUT2D eigenvalue weighted by atomic mass is 32.2. The summed E-state index contributed by atoms with van der Waals surface area (Å²) in [6, 6.07) is 4.67. The molecule has 1 atom stereocenters. The third-order valence-electron chi connectivity index (χ3n) is 2.65. The number of amides is 3. The zero-order valence-corrected chi connectivity index (χ0v) is 12.5. The van der Waals surface area contributed by atoms with E-state index in [9.17, 15) is 9.59 Å². The van der Waals surface area contributed by atoms with E-state index in [0.29, 0.717) is 11.8 Å². The number of aromatic amines is 1. The van der Waals surface area contributed by atoms with Crippen LogP contribution in [0.5, 0.6) is 5.75 Å². The van der Waals surface area contributed by atoms with E-state index < -0.39 is 17.2 Å². The number of carbonyl (C=O) groups is 2. The molecule has 0 saturated heterocycles. The van der Waals surface area contributed by atoms with Crippen LogP contribution >= 0.6 is 11.8 Å². The maximum Gasteiger partial charge on any atom is 0.318 e. The molecule has 1 heterocycles. The molecule has 1 aromatic carbocycles. The van der Waals surface area contributed by atoms with Crippen molar-refractivity contribution in [3.05, 3.63) is 18.2 Å². The minimum Gasteiger partial charge on any atom is -0.494 e. The first kappa shape index (κ1) is 15.2. The van der Waals surface area contributed by atoms with E-state index in [1.807, 2.05) is 30.4 Å². The van der Waals surface area contributed by atoms with E-state index in [-0.39, 0.29) is 0 Å². The summed E-state index contributed by atoms with van der Waals surface area (Å²) in [5.74, 6) is 0.299. The average Bonchev–Trinajstić information content (AvgIpc) is 2.79. The number of imide groups is 1. The van der Waals surface area contributed by atoms with Crippen LogP contribution in [0.25, 0.3) is 11.0 Å². The fraction of sp³-hybridized carbons (Fsp3) is 0.308. The van der Waals surface area contributed by atoms with Crippen molar-refractivity contribution in [1.29, 1.82) is 0 Å². The zero-order chi connectivity index (χ0) is 15.4. The van der Waals surface area contributed by atoms with E-state index in [0.717, 1.165) is 16.8 Å². The first-order chi connectivity index (χ1) is 9.99. The molecule has 7 nitrogen and oxygen atoms in total. The van der Waals surface area contributed by atoms with Crippen molar-refractivity contribution in [2.75, 3.05) is 6.61 Å². The number of thioether (sulfide) groups is 1. The second-order valence-corrected chi connectivity index (χ2v) is 5.60. The normalized spacial score (nSPS) is 12.1. The van der Waals surface area contributed by atoms with Crippen LogP contribution in [-0.2, 0) is 4.79 Å². The molecule has 0 spiro atoms. The van der Waals surface area contributed by atoms with Crippen molar-refractivity contribution in [2.24, 2.45) is 5.73 Å². The number of nitrogens with one attached hydrogen (secondary N) is 2. The molecular weight excluding hydrogens is 292 g/mol. The number of fused-ring (bicyclic) bond motifs is 1. The molecule has 0 fully saturated rings. The summed E-state index contributed by atoms with van der Waals surface area (Å²) in [5.41, 5.74) is 6.52. The summed E-state index contributed by atoms with van der Waals surface area (Å²) < 4.78 is 5.42. The number of rotatable bonds is 5. The lowest BCUT2D eigenvalue weighted by Crippen LogP contribution is -2.39. The van der Waals surface area contributed by atoms with Crippen molar-refractivity contribution < 1.29 is 14.3 Å². The minimum absolute atomic E-state index is 0.456. The monoisotopic (exact) mass is 308 g/mol. The third-order valence-corrected chi connectivity index (χ3v) is 3.63. The Morgan fingerprint density at radius 1 is 1.52 bits per heavy atom. The first-order valence-electron chi connectivity index (χ1n) is 6.39. The van der Waals surface area contributed by atoms with Crippen LogP contribution in [0.3, 0.4) is 0 Å². The topological polar surface area (TPSA) is 110 Å². The lowest BCUT2D eigenvalue weighted by Gasteiger charge is -2.07. The number of imidazole rings is 1. The number of nitrogens with two attached hydrogens (primary N) is 1. The van der Waals surface area contributed by atoms with Crippen LogP contribution in [-0.4, -0.2) is 33.8 Å². The summed E-state index contributed by atoms with van der Waals surface area (Å²) >= 11 is 1.21. The fourth-order valence-electron chi connectivity index (χ4n) is 1.72. The van der Waals surface area contributed by atoms with Gasteiger partial charge in [0.2, 0.25) is 5.91 Å². The summed E-state index contributed by atoms with van der Waals surface area (Å²) in [5, 5.41) is 2.13. The molecule has 0 aliphatic carbocycles. The predicted molar refractivity (Wildman–Crippen MR) is 80.3 cm³/mol. The highest BCUT2D eigenvalue weighted by Gasteiger charge is 2.17. The van der Waals surface area contributed by atoms with Gasteiger partial charge in [0.15, 0.2) is 5.16 Å². The second-order valence-electron chi connectivity index (χ2n) is 4.27. The number of nitrogens with zero attached hydrogens (tertiary/aromatic N) is 1. The molecule has 0 bridgehead atoms. The van der Waals surface area contributed by atoms with Crippen molar-refractivity contribution in [3.8, 4) is 5.75 Å². The number of benzene rings is 1. The summed E-state index contributed by atoms with van der Waals surface area (Å²) in [4.78, 5) is 29.7. The lowest BCUT2D eigenvalue weighted by molar-refractivity contribution is -0.119. The van der Waals surface area contributed by atoms with Crippen LogP contribution in [0, 0.1) is 0 Å². The van der Waals surface area contributed by atoms with Gasteiger partial charge in [0.1, 0.15) is 5.75 Å². The number of carbonyl (C=O) groups excluding carboxylic acids is 2. The van der Waals surface area contributed by atoms with Crippen molar-refractivity contribution in [2.45, 2.75) is 24.3 Å². The maximum absolute atomic E-state index is 11.6. The summed E-state index contributed by atoms with van der Waals surface area (Å²) in [6.07, 6.45) is 0. The molecule has 112 valence electrons. The van der Waals surface area contributed by atoms with Gasteiger partial charge in [-0.05, 0) is 26.0 Å². The van der Waals surface area contributed by atoms with Gasteiger partial charge in [0, 0.05) is 6.07 Å². The van der Waals surface area contributed by atoms with Gasteiger partial charge in [0.05, 0.1) is 22.9 Å². The van der Waals surface area contributed by atoms with Crippen LogP contribution in [0.2, 0.25) is 0 Å². The molecule has 4 N–H and O–H groups in total. The number of H-pyrrole nitrogens is 1. The molecule has 3 amide bonds. The van der Waals surface area contributed by atoms with Crippen LogP contribution < -0.4 is 15.8 Å². The van der Waals surface area contributed by atoms with Gasteiger partial charge in [-0.25, -0.2) is 9.78 Å². The van der Waals surface area contributed by atoms with Gasteiger partial charge in [-0.15, -0.1) is 0 Å². The molecular formula is C13H16N4O3S. The van der Waals surface area contributed by atoms with Gasteiger partial charge < -0.3 is 15.5 Å². The zero-order valence-electron chi connectivity index (χ0n) is 11.7. The van der Waals surface area contributed by atoms with Gasteiger partial charge >= 0.3 is 6.03 Å². The van der Waals surface area contributed by atoms with Gasteiger partial charge in [-0.3, -0.25) is 10.1 Å². The number of hydrogen-bond donors (Lipinski definition) is 3. The number of hydrogen-bond acceptors (Lipinski definition) is 5. The Kier molecular flexibility index (Phi) is 4.69. The SMILES string of the molecule is CCOc1ccc2nc(SC(C)C(=O)NC(N)=O)[nH]c2c1. The number of ether oxygens (including phenoxy) is 1. The summed E-state index contributed by atoms with van der Waals surface area (Å²) in [6.45, 7) is 4.17. The molecule has 21 heavy (non-hydrogen) atoms. The molecule has 0 saturated carbocycles. The molecule has 0 aliphatic heterocycles. The maximum atomic E-state index is 11.6. The fourth-order valence-corrected chi connectivity index (χ4v) is 2.54. The standard InChI is InChI=1S/C13H16N4O3S/c1-3-20-8-4-5-9-10(6-8)16-13(15-9)21-7(2)11(18)17-12(14)19/h4-7H,3H2,1-2H3,(H,15,16)(H3,14,17,18,19). The van der Waals surface area contributed by atoms with Gasteiger partial charge in [-0.1, -0.05) is 11.8 Å². The Morgan fingerprint density at radius 3 is 2.95 bits per heavy atom. The Labute approximate surface area is 125 Å². The van der Waals surface area contributed by atoms with E-state index in [1.165, 1.54) is 11.8 Å². The minimum atomic E-state index is -0.863. The lowest BCUT2D eigenvalue weighted by atomic mass is 10.3. The average molecular weight is 308 g/mol. The summed E-state index contributed by atoms with van der Waals surface area (Å²) in [7, 11) is 0. The molecule has 8 heteroatoms. The van der Waals surface area contributed by atoms with Crippen molar-refractivity contribution in [1.82, 2.24) is 15.3 Å². The van der Waals surface area contributed by atoms with Gasteiger partial charge in [0.25, 0.3) is 0 Å². The number of primary amides is 1. The highest BCUT2D eigenvalue weighted by Crippen LogP contribution is 2.25. The molecule has 2 aromatic rings. The van der Waals surface area contributed by atoms with Crippen LogP contribution in [0.15, 0.2) is 23.4 Å². The number of aromatic nitrogens is 2. The Hall–Kier alpha value is -2.22. The highest BCUT2D eigenvalue weighted by molar-refractivity contribution is 8.00. The predicted octanol–water partition coefficient (Wildman–Crippen LogP) is 1.64. The van der Waals surface area contributed by atoms with E-state index in [1.54, 1.807) is 6.92 Å². The molecule has 2 rings (SSSR count). The molecule has 0 aliphatic rings. The van der Waals surface area contributed by atoms with Crippen molar-refractivity contribution in [3.63, 3.8) is 0 Å². The van der Waals surface area contributed by atoms with Crippen molar-refractivity contribution >= 4 is 34.7 Å². The molecule has 0 radical (unpaired) electrons. The van der Waals surface area contributed by atoms with E-state index in [4.69, 9.17) is 10.5 Å². The first-order valence-corrected chi connectivity index (χ1v) is 7.27. The quantitative estimate of drug-likeness (QED) is 0.727. The smallest absolute Gasteiger partial charge is 0.318 e. The molecule has 1 unspecified atom stereocenters. The third kappa shape index (κ3) is 3.88. The van der Waals surface area contributed by atoms with Crippen LogP contribution in [0.1, 0.15) is 13.8 Å². The number of urea groups is 1. The van der Waals surface area contributed by atoms with Gasteiger partial charge in [-0.2, -0.15) is 0 Å². The Bertz CT molecular complexity index is 670. The second kappa shape index (κ2) is 6.49. The van der Waals surface area contributed by atoms with Crippen LogP contribution in [0.4, 0.5) is 4.79 Å². The Morgan fingerprint density at radius 2 is 2.29 bits per heavy atom. The molecule has 1 aromatic heterocycles. The van der Waals surface area contributed by atoms with E-state index >= 15 is 0 Å². The largest absolute Gasteiger partial charge is 0.494 e.